The lowest BCUT2D eigenvalue weighted by molar-refractivity contribution is 0.140. The van der Waals surface area contributed by atoms with Gasteiger partial charge in [0.15, 0.2) is 5.82 Å². The van der Waals surface area contributed by atoms with Gasteiger partial charge < -0.3 is 5.11 Å². The van der Waals surface area contributed by atoms with Crippen LogP contribution in [0.2, 0.25) is 0 Å². The fourth-order valence-corrected chi connectivity index (χ4v) is 3.75. The minimum absolute atomic E-state index is 0.209. The van der Waals surface area contributed by atoms with Gasteiger partial charge in [0.1, 0.15) is 0 Å². The highest BCUT2D eigenvalue weighted by Crippen LogP contribution is 2.23. The highest BCUT2D eigenvalue weighted by Gasteiger charge is 2.31. The fourth-order valence-electron chi connectivity index (χ4n) is 3.75. The Labute approximate surface area is 159 Å². The average molecular weight is 363 g/mol. The normalized spacial score (nSPS) is 20.3. The van der Waals surface area contributed by atoms with Crippen LogP contribution < -0.4 is 0 Å². The van der Waals surface area contributed by atoms with Crippen molar-refractivity contribution >= 4 is 0 Å². The Balaban J connectivity index is 1.38. The number of hydrogen-bond acceptors (Lipinski definition) is 5. The van der Waals surface area contributed by atoms with Crippen molar-refractivity contribution in [3.05, 3.63) is 65.2 Å². The lowest BCUT2D eigenvalue weighted by atomic mass is 10.0. The second kappa shape index (κ2) is 7.58. The van der Waals surface area contributed by atoms with Crippen LogP contribution in [0.15, 0.2) is 42.7 Å². The molecule has 0 spiro atoms. The lowest BCUT2D eigenvalue weighted by Gasteiger charge is -2.15. The molecule has 6 nitrogen and oxygen atoms in total. The first kappa shape index (κ1) is 17.8. The molecule has 140 valence electrons. The first-order chi connectivity index (χ1) is 13.1. The molecular formula is C21H25N5O. The summed E-state index contributed by atoms with van der Waals surface area (Å²) in [5, 5.41) is 17.7. The van der Waals surface area contributed by atoms with Gasteiger partial charge in [-0.3, -0.25) is 10.00 Å². The summed E-state index contributed by atoms with van der Waals surface area (Å²) >= 11 is 0. The van der Waals surface area contributed by atoms with E-state index in [1.165, 1.54) is 5.56 Å². The number of nitrogens with zero attached hydrogens (tertiary/aromatic N) is 4. The Bertz CT molecular complexity index is 905. The fraction of sp³-hybridized carbons (Fsp3) is 0.381. The highest BCUT2D eigenvalue weighted by atomic mass is 16.3. The zero-order chi connectivity index (χ0) is 18.8. The summed E-state index contributed by atoms with van der Waals surface area (Å²) in [6.07, 6.45) is 4.25. The number of aliphatic hydroxyl groups is 1. The molecule has 2 atom stereocenters. The molecule has 4 rings (SSSR count). The van der Waals surface area contributed by atoms with Crippen LogP contribution in [0, 0.1) is 19.8 Å². The maximum absolute atomic E-state index is 10.4. The number of likely N-dealkylation sites (tertiary alicyclic amines) is 1. The molecule has 0 amide bonds. The minimum atomic E-state index is -0.325. The summed E-state index contributed by atoms with van der Waals surface area (Å²) < 4.78 is 0. The smallest absolute Gasteiger partial charge is 0.159 e. The zero-order valence-corrected chi connectivity index (χ0v) is 15.8. The maximum atomic E-state index is 10.4. The Morgan fingerprint density at radius 2 is 1.96 bits per heavy atom. The number of aryl methyl sites for hydroxylation is 2. The molecule has 1 saturated heterocycles. The summed E-state index contributed by atoms with van der Waals surface area (Å²) in [7, 11) is 0. The van der Waals surface area contributed by atoms with E-state index in [-0.39, 0.29) is 12.0 Å². The zero-order valence-electron chi connectivity index (χ0n) is 15.8. The average Bonchev–Trinajstić information content (AvgIpc) is 3.21. The molecular weight excluding hydrogens is 338 g/mol. The van der Waals surface area contributed by atoms with Gasteiger partial charge in [-0.1, -0.05) is 23.8 Å². The van der Waals surface area contributed by atoms with E-state index in [4.69, 9.17) is 0 Å². The molecule has 1 aromatic carbocycles. The van der Waals surface area contributed by atoms with E-state index in [0.717, 1.165) is 47.8 Å². The molecule has 0 radical (unpaired) electrons. The predicted molar refractivity (Wildman–Crippen MR) is 104 cm³/mol. The third-order valence-corrected chi connectivity index (χ3v) is 5.10. The SMILES string of the molecule is Cc1cccc(-c2ncc(CN3C[C@@H](Cc4cc(C)[nH]n4)[C@H](O)C3)cn2)c1. The number of aliphatic hydroxyl groups excluding tert-OH is 1. The van der Waals surface area contributed by atoms with Crippen LogP contribution in [0.5, 0.6) is 0 Å². The van der Waals surface area contributed by atoms with Gasteiger partial charge in [0.2, 0.25) is 0 Å². The van der Waals surface area contributed by atoms with E-state index >= 15 is 0 Å². The summed E-state index contributed by atoms with van der Waals surface area (Å²) in [4.78, 5) is 11.3. The van der Waals surface area contributed by atoms with Gasteiger partial charge in [0.05, 0.1) is 11.8 Å². The Morgan fingerprint density at radius 1 is 1.15 bits per heavy atom. The van der Waals surface area contributed by atoms with Crippen LogP contribution in [0.25, 0.3) is 11.4 Å². The van der Waals surface area contributed by atoms with Crippen molar-refractivity contribution in [3.63, 3.8) is 0 Å². The number of benzene rings is 1. The van der Waals surface area contributed by atoms with Crippen LogP contribution >= 0.6 is 0 Å². The molecule has 6 heteroatoms. The Morgan fingerprint density at radius 3 is 2.67 bits per heavy atom. The molecule has 2 aromatic heterocycles. The predicted octanol–water partition coefficient (Wildman–Crippen LogP) is 2.52. The van der Waals surface area contributed by atoms with E-state index in [9.17, 15) is 5.11 Å². The molecule has 27 heavy (non-hydrogen) atoms. The topological polar surface area (TPSA) is 77.9 Å². The number of H-pyrrole nitrogens is 1. The molecule has 3 heterocycles. The largest absolute Gasteiger partial charge is 0.391 e. The van der Waals surface area contributed by atoms with Crippen LogP contribution in [-0.2, 0) is 13.0 Å². The van der Waals surface area contributed by atoms with Gasteiger partial charge in [-0.2, -0.15) is 5.10 Å². The second-order valence-electron chi connectivity index (χ2n) is 7.55. The summed E-state index contributed by atoms with van der Waals surface area (Å²) in [5.41, 5.74) is 5.37. The van der Waals surface area contributed by atoms with Crippen molar-refractivity contribution in [2.75, 3.05) is 13.1 Å². The minimum Gasteiger partial charge on any atom is -0.391 e. The third kappa shape index (κ3) is 4.23. The van der Waals surface area contributed by atoms with Crippen molar-refractivity contribution in [1.29, 1.82) is 0 Å². The van der Waals surface area contributed by atoms with E-state index in [1.54, 1.807) is 0 Å². The van der Waals surface area contributed by atoms with Gasteiger partial charge in [0.25, 0.3) is 0 Å². The molecule has 0 saturated carbocycles. The van der Waals surface area contributed by atoms with E-state index in [0.29, 0.717) is 6.54 Å². The van der Waals surface area contributed by atoms with Crippen LogP contribution in [-0.4, -0.2) is 49.4 Å². The molecule has 0 aliphatic carbocycles. The summed E-state index contributed by atoms with van der Waals surface area (Å²) in [6.45, 7) is 6.34. The maximum Gasteiger partial charge on any atom is 0.159 e. The van der Waals surface area contributed by atoms with Crippen molar-refractivity contribution in [1.82, 2.24) is 25.1 Å². The number of aromatic nitrogens is 4. The van der Waals surface area contributed by atoms with Gasteiger partial charge in [0, 0.05) is 54.8 Å². The van der Waals surface area contributed by atoms with Gasteiger partial charge in [-0.15, -0.1) is 0 Å². The van der Waals surface area contributed by atoms with Crippen LogP contribution in [0.3, 0.4) is 0 Å². The lowest BCUT2D eigenvalue weighted by Crippen LogP contribution is -2.21. The number of hydrogen-bond donors (Lipinski definition) is 2. The summed E-state index contributed by atoms with van der Waals surface area (Å²) in [6, 6.07) is 10.3. The van der Waals surface area contributed by atoms with Crippen molar-refractivity contribution in [3.8, 4) is 11.4 Å². The third-order valence-electron chi connectivity index (χ3n) is 5.10. The quantitative estimate of drug-likeness (QED) is 0.728. The van der Waals surface area contributed by atoms with Crippen LogP contribution in [0.1, 0.15) is 22.5 Å². The highest BCUT2D eigenvalue weighted by molar-refractivity contribution is 5.55. The molecule has 2 N–H and O–H groups in total. The molecule has 0 unspecified atom stereocenters. The Kier molecular flexibility index (Phi) is 5.01. The number of nitrogens with one attached hydrogen (secondary N) is 1. The molecule has 0 bridgehead atoms. The number of β-amino-alcohol motifs (C(OH)–C–C–N with tert-alkyl or cyclic N) is 1. The monoisotopic (exact) mass is 363 g/mol. The van der Waals surface area contributed by atoms with Crippen molar-refractivity contribution < 1.29 is 5.11 Å². The van der Waals surface area contributed by atoms with E-state index in [1.807, 2.05) is 37.5 Å². The first-order valence-electron chi connectivity index (χ1n) is 9.36. The Hall–Kier alpha value is -2.57. The van der Waals surface area contributed by atoms with E-state index in [2.05, 4.69) is 44.1 Å². The van der Waals surface area contributed by atoms with Crippen molar-refractivity contribution in [2.24, 2.45) is 5.92 Å². The molecule has 3 aromatic rings. The van der Waals surface area contributed by atoms with Gasteiger partial charge in [-0.25, -0.2) is 9.97 Å². The molecule has 1 aliphatic heterocycles. The van der Waals surface area contributed by atoms with Gasteiger partial charge in [-0.05, 0) is 32.4 Å². The molecule has 1 fully saturated rings. The van der Waals surface area contributed by atoms with Crippen LogP contribution in [0.4, 0.5) is 0 Å². The summed E-state index contributed by atoms with van der Waals surface area (Å²) in [5.74, 6) is 0.955. The second-order valence-corrected chi connectivity index (χ2v) is 7.55. The number of rotatable bonds is 5. The standard InChI is InChI=1S/C21H25N5O/c1-14-4-3-5-17(6-14)21-22-9-16(10-23-21)11-26-12-18(20(27)13-26)8-19-7-15(2)24-25-19/h3-7,9-10,18,20,27H,8,11-13H2,1-2H3,(H,24,25)/t18-,20-/m1/s1. The number of aromatic amines is 1. The molecule has 1 aliphatic rings. The van der Waals surface area contributed by atoms with E-state index < -0.39 is 0 Å². The van der Waals surface area contributed by atoms with Gasteiger partial charge >= 0.3 is 0 Å². The van der Waals surface area contributed by atoms with Crippen molar-refractivity contribution in [2.45, 2.75) is 32.9 Å². The first-order valence-corrected chi connectivity index (χ1v) is 9.36.